The van der Waals surface area contributed by atoms with Gasteiger partial charge in [0.1, 0.15) is 0 Å². The molecule has 0 N–H and O–H groups in total. The summed E-state index contributed by atoms with van der Waals surface area (Å²) in [6.07, 6.45) is 2.78. The zero-order valence-corrected chi connectivity index (χ0v) is 10.7. The average molecular weight is 197 g/mol. The molecule has 84 valence electrons. The van der Waals surface area contributed by atoms with Gasteiger partial charge in [0.2, 0.25) is 0 Å². The lowest BCUT2D eigenvalue weighted by atomic mass is 9.80. The lowest BCUT2D eigenvalue weighted by Gasteiger charge is -2.46. The molecule has 0 aliphatic carbocycles. The lowest BCUT2D eigenvalue weighted by Crippen LogP contribution is -2.50. The molecule has 0 radical (unpaired) electrons. The summed E-state index contributed by atoms with van der Waals surface area (Å²) < 4.78 is 0. The van der Waals surface area contributed by atoms with E-state index in [-0.39, 0.29) is 0 Å². The smallest absolute Gasteiger partial charge is 0.00751 e. The first-order chi connectivity index (χ1) is 6.43. The molecule has 0 saturated carbocycles. The second-order valence-corrected chi connectivity index (χ2v) is 5.71. The first-order valence-corrected chi connectivity index (χ1v) is 6.21. The number of hydrogen-bond acceptors (Lipinski definition) is 1. The fraction of sp³-hybridized carbons (Fsp3) is 1.00. The Morgan fingerprint density at radius 2 is 1.36 bits per heavy atom. The van der Waals surface area contributed by atoms with Crippen LogP contribution in [0.25, 0.3) is 0 Å². The van der Waals surface area contributed by atoms with Crippen LogP contribution in [-0.4, -0.2) is 23.0 Å². The van der Waals surface area contributed by atoms with Crippen molar-refractivity contribution < 1.29 is 0 Å². The highest BCUT2D eigenvalue weighted by atomic mass is 15.2. The van der Waals surface area contributed by atoms with Crippen molar-refractivity contribution in [2.75, 3.05) is 0 Å². The third-order valence-corrected chi connectivity index (χ3v) is 3.84. The quantitative estimate of drug-likeness (QED) is 0.654. The van der Waals surface area contributed by atoms with E-state index < -0.39 is 0 Å². The van der Waals surface area contributed by atoms with E-state index in [4.69, 9.17) is 0 Å². The van der Waals surface area contributed by atoms with Gasteiger partial charge < -0.3 is 0 Å². The summed E-state index contributed by atoms with van der Waals surface area (Å²) >= 11 is 0. The summed E-state index contributed by atoms with van der Waals surface area (Å²) in [4.78, 5) is 2.68. The Labute approximate surface area is 89.9 Å². The van der Waals surface area contributed by atoms with E-state index >= 15 is 0 Å². The van der Waals surface area contributed by atoms with E-state index in [2.05, 4.69) is 46.4 Å². The molecule has 1 unspecified atom stereocenters. The van der Waals surface area contributed by atoms with Crippen molar-refractivity contribution in [3.05, 3.63) is 0 Å². The number of hydrogen-bond donors (Lipinski definition) is 0. The zero-order chi connectivity index (χ0) is 10.9. The molecule has 0 aromatic heterocycles. The summed E-state index contributed by atoms with van der Waals surface area (Å²) in [5, 5.41) is 0. The molecule has 1 fully saturated rings. The SMILES string of the molecule is CC(C)C1C[C@@H](C)N(C(C)C)[C@@H](C)C1. The van der Waals surface area contributed by atoms with E-state index in [1.54, 1.807) is 0 Å². The first kappa shape index (κ1) is 12.0. The van der Waals surface area contributed by atoms with Crippen LogP contribution in [0.2, 0.25) is 0 Å². The van der Waals surface area contributed by atoms with Gasteiger partial charge in [-0.3, -0.25) is 4.90 Å². The van der Waals surface area contributed by atoms with Crippen LogP contribution >= 0.6 is 0 Å². The van der Waals surface area contributed by atoms with Gasteiger partial charge in [-0.05, 0) is 52.4 Å². The van der Waals surface area contributed by atoms with E-state index in [0.29, 0.717) is 6.04 Å². The Morgan fingerprint density at radius 3 is 1.64 bits per heavy atom. The van der Waals surface area contributed by atoms with Gasteiger partial charge in [-0.15, -0.1) is 0 Å². The monoisotopic (exact) mass is 197 g/mol. The van der Waals surface area contributed by atoms with Crippen LogP contribution in [-0.2, 0) is 0 Å². The van der Waals surface area contributed by atoms with Gasteiger partial charge in [0.05, 0.1) is 0 Å². The Kier molecular flexibility index (Phi) is 4.00. The van der Waals surface area contributed by atoms with Crippen LogP contribution < -0.4 is 0 Å². The summed E-state index contributed by atoms with van der Waals surface area (Å²) in [7, 11) is 0. The molecule has 0 bridgehead atoms. The molecule has 0 amide bonds. The maximum absolute atomic E-state index is 2.68. The molecule has 1 aliphatic rings. The van der Waals surface area contributed by atoms with E-state index in [0.717, 1.165) is 23.9 Å². The van der Waals surface area contributed by atoms with E-state index in [1.165, 1.54) is 12.8 Å². The van der Waals surface area contributed by atoms with Gasteiger partial charge >= 0.3 is 0 Å². The maximum Gasteiger partial charge on any atom is 0.00751 e. The Hall–Kier alpha value is -0.0400. The van der Waals surface area contributed by atoms with Crippen LogP contribution in [0.4, 0.5) is 0 Å². The van der Waals surface area contributed by atoms with Gasteiger partial charge in [-0.1, -0.05) is 13.8 Å². The highest BCUT2D eigenvalue weighted by Crippen LogP contribution is 2.33. The van der Waals surface area contributed by atoms with Gasteiger partial charge in [0.25, 0.3) is 0 Å². The van der Waals surface area contributed by atoms with Crippen molar-refractivity contribution in [1.82, 2.24) is 4.90 Å². The van der Waals surface area contributed by atoms with Crippen molar-refractivity contribution >= 4 is 0 Å². The summed E-state index contributed by atoms with van der Waals surface area (Å²) in [6.45, 7) is 14.2. The van der Waals surface area contributed by atoms with Crippen LogP contribution in [0.1, 0.15) is 54.4 Å². The highest BCUT2D eigenvalue weighted by molar-refractivity contribution is 4.87. The minimum absolute atomic E-state index is 0.702. The van der Waals surface area contributed by atoms with Crippen molar-refractivity contribution in [3.8, 4) is 0 Å². The van der Waals surface area contributed by atoms with Crippen molar-refractivity contribution in [1.29, 1.82) is 0 Å². The van der Waals surface area contributed by atoms with Crippen LogP contribution in [0.3, 0.4) is 0 Å². The minimum Gasteiger partial charge on any atom is -0.296 e. The molecule has 1 heteroatoms. The van der Waals surface area contributed by atoms with E-state index in [9.17, 15) is 0 Å². The molecule has 0 aromatic rings. The molecule has 1 nitrogen and oxygen atoms in total. The molecular formula is C13H27N. The Balaban J connectivity index is 2.63. The third-order valence-electron chi connectivity index (χ3n) is 3.84. The second-order valence-electron chi connectivity index (χ2n) is 5.71. The number of likely N-dealkylation sites (tertiary alicyclic amines) is 1. The maximum atomic E-state index is 2.68. The molecule has 1 heterocycles. The number of piperidine rings is 1. The molecule has 0 aromatic carbocycles. The van der Waals surface area contributed by atoms with Crippen molar-refractivity contribution in [3.63, 3.8) is 0 Å². The van der Waals surface area contributed by atoms with Crippen LogP contribution in [0.5, 0.6) is 0 Å². The average Bonchev–Trinajstić information content (AvgIpc) is 2.01. The summed E-state index contributed by atoms with van der Waals surface area (Å²) in [6, 6.07) is 2.24. The van der Waals surface area contributed by atoms with Gasteiger partial charge in [0.15, 0.2) is 0 Å². The second kappa shape index (κ2) is 4.65. The normalized spacial score (nSPS) is 35.6. The predicted molar refractivity (Wildman–Crippen MR) is 63.5 cm³/mol. The summed E-state index contributed by atoms with van der Waals surface area (Å²) in [5.41, 5.74) is 0. The standard InChI is InChI=1S/C13H27N/c1-9(2)13-7-11(5)14(10(3)4)12(6)8-13/h9-13H,7-8H2,1-6H3/t11-,12+,13?. The molecule has 1 rings (SSSR count). The third kappa shape index (κ3) is 2.50. The molecular weight excluding hydrogens is 170 g/mol. The largest absolute Gasteiger partial charge is 0.296 e. The molecule has 3 atom stereocenters. The first-order valence-electron chi connectivity index (χ1n) is 6.21. The fourth-order valence-corrected chi connectivity index (χ4v) is 3.21. The van der Waals surface area contributed by atoms with Gasteiger partial charge in [-0.2, -0.15) is 0 Å². The lowest BCUT2D eigenvalue weighted by molar-refractivity contribution is 0.0295. The zero-order valence-electron chi connectivity index (χ0n) is 10.7. The summed E-state index contributed by atoms with van der Waals surface area (Å²) in [5.74, 6) is 1.80. The fourth-order valence-electron chi connectivity index (χ4n) is 3.21. The van der Waals surface area contributed by atoms with Gasteiger partial charge in [0, 0.05) is 18.1 Å². The van der Waals surface area contributed by atoms with Crippen LogP contribution in [0.15, 0.2) is 0 Å². The number of nitrogens with zero attached hydrogens (tertiary/aromatic N) is 1. The Bertz CT molecular complexity index is 162. The number of rotatable bonds is 2. The minimum atomic E-state index is 0.702. The van der Waals surface area contributed by atoms with Gasteiger partial charge in [-0.25, -0.2) is 0 Å². The molecule has 1 aliphatic heterocycles. The van der Waals surface area contributed by atoms with E-state index in [1.807, 2.05) is 0 Å². The Morgan fingerprint density at radius 1 is 0.929 bits per heavy atom. The van der Waals surface area contributed by atoms with Crippen molar-refractivity contribution in [2.24, 2.45) is 11.8 Å². The predicted octanol–water partition coefficient (Wildman–Crippen LogP) is 3.54. The highest BCUT2D eigenvalue weighted by Gasteiger charge is 2.33. The molecule has 1 saturated heterocycles. The van der Waals surface area contributed by atoms with Crippen molar-refractivity contribution in [2.45, 2.75) is 72.5 Å². The molecule has 0 spiro atoms. The van der Waals surface area contributed by atoms with Crippen LogP contribution in [0, 0.1) is 11.8 Å². The topological polar surface area (TPSA) is 3.24 Å². The molecule has 14 heavy (non-hydrogen) atoms.